The van der Waals surface area contributed by atoms with E-state index in [0.717, 1.165) is 0 Å². The summed E-state index contributed by atoms with van der Waals surface area (Å²) in [6.45, 7) is 3.49. The minimum absolute atomic E-state index is 0.371. The normalized spacial score (nSPS) is 10.8. The van der Waals surface area contributed by atoms with Crippen LogP contribution in [0.15, 0.2) is 48.9 Å². The molecule has 0 unspecified atom stereocenters. The Labute approximate surface area is 106 Å². The highest BCUT2D eigenvalue weighted by molar-refractivity contribution is 5.93. The zero-order valence-corrected chi connectivity index (χ0v) is 10.3. The third-order valence-corrected chi connectivity index (χ3v) is 1.98. The molecule has 0 aromatic heterocycles. The average molecular weight is 246 g/mol. The molecule has 18 heavy (non-hydrogen) atoms. The zero-order valence-electron chi connectivity index (χ0n) is 10.3. The molecule has 4 heteroatoms. The first-order chi connectivity index (χ1) is 8.69. The summed E-state index contributed by atoms with van der Waals surface area (Å²) in [4.78, 5) is 22.9. The summed E-state index contributed by atoms with van der Waals surface area (Å²) < 4.78 is 9.59. The molecule has 0 amide bonds. The van der Waals surface area contributed by atoms with Gasteiger partial charge < -0.3 is 9.47 Å². The number of rotatable bonds is 4. The molecule has 0 saturated heterocycles. The monoisotopic (exact) mass is 246 g/mol. The molecule has 0 spiro atoms. The lowest BCUT2D eigenvalue weighted by Crippen LogP contribution is -2.03. The van der Waals surface area contributed by atoms with Crippen molar-refractivity contribution in [2.75, 3.05) is 0 Å². The first-order valence-corrected chi connectivity index (χ1v) is 5.43. The number of hydrogen-bond donors (Lipinski definition) is 0. The zero-order chi connectivity index (χ0) is 13.4. The molecular weight excluding hydrogens is 232 g/mol. The topological polar surface area (TPSA) is 52.6 Å². The Morgan fingerprint density at radius 1 is 0.833 bits per heavy atom. The molecule has 0 fully saturated rings. The van der Waals surface area contributed by atoms with E-state index in [1.54, 1.807) is 26.0 Å². The van der Waals surface area contributed by atoms with Crippen LogP contribution in [0.25, 0.3) is 0 Å². The van der Waals surface area contributed by atoms with Crippen LogP contribution in [-0.4, -0.2) is 11.9 Å². The summed E-state index contributed by atoms with van der Waals surface area (Å²) >= 11 is 0. The number of hydrogen-bond acceptors (Lipinski definition) is 4. The first kappa shape index (κ1) is 13.7. The lowest BCUT2D eigenvalue weighted by molar-refractivity contribution is 0.0648. The Hall–Kier alpha value is -2.36. The van der Waals surface area contributed by atoms with E-state index in [9.17, 15) is 9.59 Å². The lowest BCUT2D eigenvalue weighted by atomic mass is 10.1. The molecular formula is C14H14O4. The summed E-state index contributed by atoms with van der Waals surface area (Å²) in [6, 6.07) is 6.05. The molecule has 0 saturated carbocycles. The van der Waals surface area contributed by atoms with Crippen LogP contribution in [0.4, 0.5) is 0 Å². The molecule has 0 aliphatic rings. The van der Waals surface area contributed by atoms with Gasteiger partial charge in [-0.2, -0.15) is 0 Å². The maximum atomic E-state index is 11.5. The predicted molar refractivity (Wildman–Crippen MR) is 66.9 cm³/mol. The quantitative estimate of drug-likeness (QED) is 0.605. The van der Waals surface area contributed by atoms with Gasteiger partial charge >= 0.3 is 11.9 Å². The summed E-state index contributed by atoms with van der Waals surface area (Å²) in [6.07, 6.45) is 5.83. The average Bonchev–Trinajstić information content (AvgIpc) is 2.42. The fourth-order valence-electron chi connectivity index (χ4n) is 1.14. The minimum atomic E-state index is -0.471. The van der Waals surface area contributed by atoms with Gasteiger partial charge in [0.05, 0.1) is 23.7 Å². The molecule has 0 heterocycles. The molecule has 0 radical (unpaired) electrons. The van der Waals surface area contributed by atoms with Crippen LogP contribution in [-0.2, 0) is 9.47 Å². The van der Waals surface area contributed by atoms with Crippen molar-refractivity contribution in [3.8, 4) is 0 Å². The first-order valence-electron chi connectivity index (χ1n) is 5.43. The minimum Gasteiger partial charge on any atom is -0.431 e. The Kier molecular flexibility index (Phi) is 5.38. The van der Waals surface area contributed by atoms with Gasteiger partial charge in [-0.3, -0.25) is 0 Å². The number of allylic oxidation sites excluding steroid dienone is 2. The fourth-order valence-corrected chi connectivity index (χ4v) is 1.14. The molecule has 0 aliphatic carbocycles. The molecule has 0 bridgehead atoms. The van der Waals surface area contributed by atoms with Crippen molar-refractivity contribution < 1.29 is 19.1 Å². The van der Waals surface area contributed by atoms with E-state index in [0.29, 0.717) is 11.1 Å². The van der Waals surface area contributed by atoms with Gasteiger partial charge in [0.1, 0.15) is 0 Å². The van der Waals surface area contributed by atoms with Gasteiger partial charge in [0, 0.05) is 0 Å². The van der Waals surface area contributed by atoms with Gasteiger partial charge in [0.2, 0.25) is 0 Å². The smallest absolute Gasteiger partial charge is 0.342 e. The van der Waals surface area contributed by atoms with Gasteiger partial charge in [-0.05, 0) is 38.1 Å². The van der Waals surface area contributed by atoms with Gasteiger partial charge in [-0.1, -0.05) is 12.2 Å². The number of carbonyl (C=O) groups excluding carboxylic acids is 2. The summed E-state index contributed by atoms with van der Waals surface area (Å²) in [5.74, 6) is -0.942. The van der Waals surface area contributed by atoms with Crippen LogP contribution in [0.3, 0.4) is 0 Å². The van der Waals surface area contributed by atoms with Crippen molar-refractivity contribution in [3.63, 3.8) is 0 Å². The fraction of sp³-hybridized carbons (Fsp3) is 0.143. The molecule has 1 aromatic carbocycles. The largest absolute Gasteiger partial charge is 0.431 e. The van der Waals surface area contributed by atoms with Crippen molar-refractivity contribution >= 4 is 11.9 Å². The molecule has 1 rings (SSSR count). The summed E-state index contributed by atoms with van der Waals surface area (Å²) in [5.41, 5.74) is 0.742. The van der Waals surface area contributed by atoms with Crippen LogP contribution >= 0.6 is 0 Å². The Bertz CT molecular complexity index is 424. The number of esters is 2. The lowest BCUT2D eigenvalue weighted by Gasteiger charge is -2.01. The Balaban J connectivity index is 2.73. The number of ether oxygens (including phenoxy) is 2. The molecule has 0 aliphatic heterocycles. The highest BCUT2D eigenvalue weighted by Gasteiger charge is 2.09. The maximum Gasteiger partial charge on any atom is 0.342 e. The third kappa shape index (κ3) is 3.90. The van der Waals surface area contributed by atoms with Crippen LogP contribution in [0, 0.1) is 0 Å². The van der Waals surface area contributed by atoms with Crippen LogP contribution in [0.2, 0.25) is 0 Å². The second-order valence-corrected chi connectivity index (χ2v) is 3.33. The molecule has 1 aromatic rings. The molecule has 0 atom stereocenters. The van der Waals surface area contributed by atoms with E-state index in [1.165, 1.54) is 36.8 Å². The van der Waals surface area contributed by atoms with E-state index < -0.39 is 11.9 Å². The van der Waals surface area contributed by atoms with Crippen molar-refractivity contribution in [2.24, 2.45) is 0 Å². The van der Waals surface area contributed by atoms with E-state index in [-0.39, 0.29) is 0 Å². The second-order valence-electron chi connectivity index (χ2n) is 3.33. The van der Waals surface area contributed by atoms with Crippen molar-refractivity contribution in [3.05, 3.63) is 60.1 Å². The third-order valence-electron chi connectivity index (χ3n) is 1.98. The molecule has 4 nitrogen and oxygen atoms in total. The maximum absolute atomic E-state index is 11.5. The van der Waals surface area contributed by atoms with Crippen LogP contribution in [0.1, 0.15) is 34.6 Å². The van der Waals surface area contributed by atoms with Gasteiger partial charge in [0.25, 0.3) is 0 Å². The Morgan fingerprint density at radius 2 is 1.17 bits per heavy atom. The number of benzene rings is 1. The van der Waals surface area contributed by atoms with Crippen molar-refractivity contribution in [1.82, 2.24) is 0 Å². The molecule has 0 N–H and O–H groups in total. The van der Waals surface area contributed by atoms with Gasteiger partial charge in [-0.15, -0.1) is 0 Å². The summed E-state index contributed by atoms with van der Waals surface area (Å²) in [7, 11) is 0. The Morgan fingerprint density at radius 3 is 1.44 bits per heavy atom. The SMILES string of the molecule is CC=COC(=O)c1ccc(C(=O)OC=CC)cc1. The van der Waals surface area contributed by atoms with Crippen LogP contribution in [0.5, 0.6) is 0 Å². The van der Waals surface area contributed by atoms with Crippen LogP contribution < -0.4 is 0 Å². The van der Waals surface area contributed by atoms with E-state index in [4.69, 9.17) is 9.47 Å². The van der Waals surface area contributed by atoms with Crippen molar-refractivity contribution in [2.45, 2.75) is 13.8 Å². The second kappa shape index (κ2) is 7.06. The van der Waals surface area contributed by atoms with Gasteiger partial charge in [-0.25, -0.2) is 9.59 Å². The molecule has 94 valence electrons. The van der Waals surface area contributed by atoms with E-state index >= 15 is 0 Å². The van der Waals surface area contributed by atoms with Gasteiger partial charge in [0.15, 0.2) is 0 Å². The van der Waals surface area contributed by atoms with E-state index in [1.807, 2.05) is 0 Å². The summed E-state index contributed by atoms with van der Waals surface area (Å²) in [5, 5.41) is 0. The number of carbonyl (C=O) groups is 2. The van der Waals surface area contributed by atoms with E-state index in [2.05, 4.69) is 0 Å². The standard InChI is InChI=1S/C14H14O4/c1-3-9-17-13(15)11-5-7-12(8-6-11)14(16)18-10-4-2/h3-10H,1-2H3. The highest BCUT2D eigenvalue weighted by atomic mass is 16.5. The highest BCUT2D eigenvalue weighted by Crippen LogP contribution is 2.08. The predicted octanol–water partition coefficient (Wildman–Crippen LogP) is 3.07. The van der Waals surface area contributed by atoms with Crippen molar-refractivity contribution in [1.29, 1.82) is 0 Å².